The maximum absolute atomic E-state index is 13.4. The minimum absolute atomic E-state index is 0.00325. The number of aliphatic carboxylic acids is 1. The van der Waals surface area contributed by atoms with Crippen LogP contribution >= 0.6 is 0 Å². The van der Waals surface area contributed by atoms with Gasteiger partial charge in [-0.15, -0.1) is 0 Å². The number of unbranched alkanes of at least 4 members (excludes halogenated alkanes) is 1. The Balaban J connectivity index is 1.74. The number of phenolic OH excluding ortho intramolecular Hbond substituents is 1. The van der Waals surface area contributed by atoms with Crippen molar-refractivity contribution in [2.75, 3.05) is 13.2 Å². The van der Waals surface area contributed by atoms with Crippen molar-refractivity contribution >= 4 is 34.6 Å². The smallest absolute Gasteiger partial charge is 0.326 e. The van der Waals surface area contributed by atoms with Crippen molar-refractivity contribution in [3.05, 3.63) is 65.9 Å². The zero-order chi connectivity index (χ0) is 30.6. The van der Waals surface area contributed by atoms with Crippen molar-refractivity contribution in [1.29, 1.82) is 0 Å². The number of para-hydroxylation sites is 1. The first-order valence-corrected chi connectivity index (χ1v) is 13.7. The largest absolute Gasteiger partial charge is 0.508 e. The first-order valence-electron chi connectivity index (χ1n) is 13.7. The summed E-state index contributed by atoms with van der Waals surface area (Å²) in [5.74, 6) is -3.57. The zero-order valence-electron chi connectivity index (χ0n) is 23.1. The molecule has 0 aliphatic rings. The summed E-state index contributed by atoms with van der Waals surface area (Å²) in [5, 5.41) is 37.3. The number of carbonyl (C=O) groups excluding carboxylic acids is 3. The van der Waals surface area contributed by atoms with Crippen LogP contribution in [0.25, 0.3) is 10.9 Å². The summed E-state index contributed by atoms with van der Waals surface area (Å²) in [5.41, 5.74) is 13.6. The Labute approximate surface area is 242 Å². The molecule has 0 spiro atoms. The van der Waals surface area contributed by atoms with Gasteiger partial charge in [0.05, 0.1) is 12.6 Å². The number of H-pyrrole nitrogens is 1. The highest BCUT2D eigenvalue weighted by atomic mass is 16.4. The molecule has 0 aliphatic heterocycles. The number of nitrogens with one attached hydrogen (secondary N) is 4. The second kappa shape index (κ2) is 15.5. The molecule has 3 amide bonds. The fourth-order valence-corrected chi connectivity index (χ4v) is 4.45. The molecule has 13 nitrogen and oxygen atoms in total. The van der Waals surface area contributed by atoms with Crippen molar-refractivity contribution in [1.82, 2.24) is 20.9 Å². The van der Waals surface area contributed by atoms with Crippen LogP contribution in [0.2, 0.25) is 0 Å². The highest BCUT2D eigenvalue weighted by molar-refractivity contribution is 5.95. The molecule has 0 radical (unpaired) electrons. The van der Waals surface area contributed by atoms with Gasteiger partial charge in [-0.1, -0.05) is 36.8 Å². The number of aromatic hydroxyl groups is 1. The number of benzene rings is 2. The van der Waals surface area contributed by atoms with Crippen molar-refractivity contribution < 1.29 is 34.5 Å². The molecular weight excluding hydrogens is 544 g/mol. The topological polar surface area (TPSA) is 233 Å². The van der Waals surface area contributed by atoms with Gasteiger partial charge in [-0.2, -0.15) is 0 Å². The number of aromatic amines is 1. The zero-order valence-corrected chi connectivity index (χ0v) is 23.1. The Hall–Kier alpha value is -4.46. The van der Waals surface area contributed by atoms with Crippen molar-refractivity contribution in [2.45, 2.75) is 56.3 Å². The number of aliphatic hydroxyl groups excluding tert-OH is 1. The van der Waals surface area contributed by atoms with Crippen LogP contribution in [-0.4, -0.2) is 81.3 Å². The van der Waals surface area contributed by atoms with Gasteiger partial charge in [-0.25, -0.2) is 4.79 Å². The summed E-state index contributed by atoms with van der Waals surface area (Å²) in [7, 11) is 0. The molecule has 226 valence electrons. The minimum atomic E-state index is -1.50. The number of rotatable bonds is 16. The highest BCUT2D eigenvalue weighted by Gasteiger charge is 2.30. The molecule has 0 fully saturated rings. The Morgan fingerprint density at radius 1 is 0.833 bits per heavy atom. The molecular formula is C29H38N6O7. The first-order chi connectivity index (χ1) is 20.1. The van der Waals surface area contributed by atoms with Crippen LogP contribution in [0.4, 0.5) is 0 Å². The lowest BCUT2D eigenvalue weighted by Crippen LogP contribution is -2.58. The number of aliphatic hydroxyl groups is 1. The molecule has 11 N–H and O–H groups in total. The number of amides is 3. The van der Waals surface area contributed by atoms with Gasteiger partial charge in [-0.3, -0.25) is 14.4 Å². The van der Waals surface area contributed by atoms with E-state index in [0.717, 1.165) is 16.5 Å². The number of phenols is 1. The summed E-state index contributed by atoms with van der Waals surface area (Å²) in [4.78, 5) is 54.2. The lowest BCUT2D eigenvalue weighted by Gasteiger charge is -2.24. The summed E-state index contributed by atoms with van der Waals surface area (Å²) in [6.45, 7) is -0.363. The van der Waals surface area contributed by atoms with Crippen molar-refractivity contribution in [2.24, 2.45) is 11.5 Å². The predicted octanol–water partition coefficient (Wildman–Crippen LogP) is -0.354. The molecule has 3 aromatic rings. The summed E-state index contributed by atoms with van der Waals surface area (Å²) in [6, 6.07) is 8.30. The maximum Gasteiger partial charge on any atom is 0.326 e. The van der Waals surface area contributed by atoms with Crippen LogP contribution in [0.5, 0.6) is 5.75 Å². The van der Waals surface area contributed by atoms with E-state index in [0.29, 0.717) is 31.4 Å². The summed E-state index contributed by atoms with van der Waals surface area (Å²) < 4.78 is 0. The van der Waals surface area contributed by atoms with Gasteiger partial charge in [0.1, 0.15) is 23.9 Å². The van der Waals surface area contributed by atoms with Crippen LogP contribution in [-0.2, 0) is 32.0 Å². The van der Waals surface area contributed by atoms with Crippen LogP contribution in [0.15, 0.2) is 54.7 Å². The van der Waals surface area contributed by atoms with E-state index in [2.05, 4.69) is 20.9 Å². The lowest BCUT2D eigenvalue weighted by molar-refractivity contribution is -0.142. The molecule has 2 aromatic carbocycles. The molecule has 0 saturated carbocycles. The maximum atomic E-state index is 13.4. The van der Waals surface area contributed by atoms with E-state index in [4.69, 9.17) is 11.5 Å². The Morgan fingerprint density at radius 3 is 2.14 bits per heavy atom. The van der Waals surface area contributed by atoms with Gasteiger partial charge >= 0.3 is 5.97 Å². The van der Waals surface area contributed by atoms with E-state index in [-0.39, 0.29) is 18.6 Å². The van der Waals surface area contributed by atoms with E-state index in [1.807, 2.05) is 24.3 Å². The predicted molar refractivity (Wildman–Crippen MR) is 155 cm³/mol. The third kappa shape index (κ3) is 9.03. The average molecular weight is 583 g/mol. The van der Waals surface area contributed by atoms with Crippen LogP contribution in [0.3, 0.4) is 0 Å². The second-order valence-corrected chi connectivity index (χ2v) is 10.0. The van der Waals surface area contributed by atoms with Gasteiger partial charge in [0.25, 0.3) is 0 Å². The van der Waals surface area contributed by atoms with Gasteiger partial charge in [0, 0.05) is 29.9 Å². The lowest BCUT2D eigenvalue weighted by atomic mass is 10.0. The Bertz CT molecular complexity index is 1360. The molecule has 4 atom stereocenters. The summed E-state index contributed by atoms with van der Waals surface area (Å²) in [6.07, 6.45) is 3.35. The molecule has 3 rings (SSSR count). The monoisotopic (exact) mass is 582 g/mol. The fourth-order valence-electron chi connectivity index (χ4n) is 4.45. The molecule has 0 aliphatic carbocycles. The van der Waals surface area contributed by atoms with Crippen LogP contribution < -0.4 is 27.4 Å². The molecule has 0 bridgehead atoms. The third-order valence-corrected chi connectivity index (χ3v) is 6.84. The SMILES string of the molecule is NCCCCC(N)C(=O)NC(Cc1c[nH]c2ccccc12)C(=O)NC(CO)C(=O)NC(Cc1ccc(O)cc1)C(=O)O. The molecule has 13 heteroatoms. The van der Waals surface area contributed by atoms with Gasteiger partial charge in [-0.05, 0) is 48.7 Å². The number of carboxylic acid groups (broad SMARTS) is 1. The highest BCUT2D eigenvalue weighted by Crippen LogP contribution is 2.19. The van der Waals surface area contributed by atoms with E-state index in [9.17, 15) is 34.5 Å². The first kappa shape index (κ1) is 32.1. The van der Waals surface area contributed by atoms with E-state index < -0.39 is 54.5 Å². The second-order valence-electron chi connectivity index (χ2n) is 10.0. The molecule has 0 saturated heterocycles. The van der Waals surface area contributed by atoms with Gasteiger partial charge < -0.3 is 47.7 Å². The van der Waals surface area contributed by atoms with E-state index in [1.165, 1.54) is 24.3 Å². The minimum Gasteiger partial charge on any atom is -0.508 e. The summed E-state index contributed by atoms with van der Waals surface area (Å²) >= 11 is 0. The number of nitrogens with two attached hydrogens (primary N) is 2. The Kier molecular flexibility index (Phi) is 11.8. The van der Waals surface area contributed by atoms with Gasteiger partial charge in [0.2, 0.25) is 17.7 Å². The number of fused-ring (bicyclic) bond motifs is 1. The fraction of sp³-hybridized carbons (Fsp3) is 0.379. The van der Waals surface area contributed by atoms with Crippen LogP contribution in [0.1, 0.15) is 30.4 Å². The number of carboxylic acids is 1. The van der Waals surface area contributed by atoms with Crippen molar-refractivity contribution in [3.63, 3.8) is 0 Å². The normalized spacial score (nSPS) is 14.0. The molecule has 1 aromatic heterocycles. The van der Waals surface area contributed by atoms with Crippen LogP contribution in [0, 0.1) is 0 Å². The van der Waals surface area contributed by atoms with E-state index in [1.54, 1.807) is 6.20 Å². The van der Waals surface area contributed by atoms with Gasteiger partial charge in [0.15, 0.2) is 0 Å². The quantitative estimate of drug-likeness (QED) is 0.100. The standard InChI is InChI=1S/C29H38N6O7/c30-12-4-3-6-21(31)26(38)33-23(14-18-15-32-22-7-2-1-5-20(18)22)27(39)35-25(16-36)28(40)34-24(29(41)42)13-17-8-10-19(37)11-9-17/h1-2,5,7-11,15,21,23-25,32,36-37H,3-4,6,12-14,16,30-31H2,(H,33,38)(H,34,40)(H,35,39)(H,41,42). The molecule has 1 heterocycles. The number of aromatic nitrogens is 1. The van der Waals surface area contributed by atoms with E-state index >= 15 is 0 Å². The Morgan fingerprint density at radius 2 is 1.48 bits per heavy atom. The molecule has 42 heavy (non-hydrogen) atoms. The number of hydrogen-bond acceptors (Lipinski definition) is 8. The third-order valence-electron chi connectivity index (χ3n) is 6.84. The number of hydrogen-bond donors (Lipinski definition) is 9. The number of carbonyl (C=O) groups is 4. The van der Waals surface area contributed by atoms with Crippen molar-refractivity contribution in [3.8, 4) is 5.75 Å². The average Bonchev–Trinajstić information content (AvgIpc) is 3.38. The molecule has 4 unspecified atom stereocenters.